The highest BCUT2D eigenvalue weighted by atomic mass is 16.5. The van der Waals surface area contributed by atoms with E-state index < -0.39 is 5.91 Å². The number of hydrogen-bond donors (Lipinski definition) is 2. The lowest BCUT2D eigenvalue weighted by atomic mass is 10.1. The van der Waals surface area contributed by atoms with Gasteiger partial charge in [-0.15, -0.1) is 0 Å². The molecule has 21 heavy (non-hydrogen) atoms. The number of amides is 2. The van der Waals surface area contributed by atoms with Crippen molar-refractivity contribution in [2.75, 3.05) is 11.9 Å². The van der Waals surface area contributed by atoms with Crippen molar-refractivity contribution in [3.63, 3.8) is 0 Å². The third-order valence-electron chi connectivity index (χ3n) is 3.22. The molecule has 0 spiro atoms. The summed E-state index contributed by atoms with van der Waals surface area (Å²) < 4.78 is 0. The van der Waals surface area contributed by atoms with E-state index in [-0.39, 0.29) is 5.91 Å². The molecule has 0 fully saturated rings. The van der Waals surface area contributed by atoms with Crippen molar-refractivity contribution < 1.29 is 14.8 Å². The van der Waals surface area contributed by atoms with Crippen molar-refractivity contribution in [2.45, 2.75) is 6.92 Å². The quantitative estimate of drug-likeness (QED) is 0.671. The number of nitrogens with one attached hydrogen (secondary N) is 1. The lowest BCUT2D eigenvalue weighted by Gasteiger charge is -2.17. The Hall–Kier alpha value is -2.66. The number of rotatable bonds is 3. The van der Waals surface area contributed by atoms with Crippen molar-refractivity contribution in [3.05, 3.63) is 65.2 Å². The maximum atomic E-state index is 12.3. The van der Waals surface area contributed by atoms with E-state index >= 15 is 0 Å². The molecule has 5 heteroatoms. The first kappa shape index (κ1) is 14.7. The fourth-order valence-electron chi connectivity index (χ4n) is 1.91. The minimum atomic E-state index is -0.589. The molecule has 0 aliphatic rings. The smallest absolute Gasteiger partial charge is 0.274 e. The van der Waals surface area contributed by atoms with E-state index in [2.05, 4.69) is 0 Å². The molecule has 0 saturated heterocycles. The number of nitrogens with zero attached hydrogens (tertiary/aromatic N) is 1. The van der Waals surface area contributed by atoms with Gasteiger partial charge in [0.05, 0.1) is 0 Å². The van der Waals surface area contributed by atoms with Crippen LogP contribution in [-0.4, -0.2) is 24.1 Å². The number of aryl methyl sites for hydroxylation is 1. The van der Waals surface area contributed by atoms with Crippen molar-refractivity contribution in [1.82, 2.24) is 5.48 Å². The number of carbonyl (C=O) groups is 2. The lowest BCUT2D eigenvalue weighted by Crippen LogP contribution is -2.26. The molecule has 2 aromatic rings. The number of anilines is 1. The molecule has 0 radical (unpaired) electrons. The second-order valence-corrected chi connectivity index (χ2v) is 4.72. The molecule has 2 amide bonds. The van der Waals surface area contributed by atoms with E-state index in [1.165, 1.54) is 4.90 Å². The Balaban J connectivity index is 2.19. The van der Waals surface area contributed by atoms with E-state index in [9.17, 15) is 9.59 Å². The number of hydroxylamine groups is 1. The van der Waals surface area contributed by atoms with Gasteiger partial charge in [0.25, 0.3) is 11.8 Å². The van der Waals surface area contributed by atoms with Gasteiger partial charge < -0.3 is 4.90 Å². The second kappa shape index (κ2) is 6.19. The first-order valence-electron chi connectivity index (χ1n) is 6.42. The van der Waals surface area contributed by atoms with Gasteiger partial charge in [-0.2, -0.15) is 0 Å². The summed E-state index contributed by atoms with van der Waals surface area (Å²) in [4.78, 5) is 25.1. The summed E-state index contributed by atoms with van der Waals surface area (Å²) in [5.74, 6) is -0.719. The molecule has 5 nitrogen and oxygen atoms in total. The Morgan fingerprint density at radius 2 is 1.48 bits per heavy atom. The molecular weight excluding hydrogens is 268 g/mol. The van der Waals surface area contributed by atoms with Gasteiger partial charge in [-0.3, -0.25) is 14.8 Å². The molecule has 0 atom stereocenters. The molecule has 0 bridgehead atoms. The Labute approximate surface area is 122 Å². The van der Waals surface area contributed by atoms with Gasteiger partial charge in [0.1, 0.15) is 0 Å². The predicted octanol–water partition coefficient (Wildman–Crippen LogP) is 2.39. The minimum absolute atomic E-state index is 0.130. The highest BCUT2D eigenvalue weighted by Gasteiger charge is 2.13. The summed E-state index contributed by atoms with van der Waals surface area (Å²) in [5.41, 5.74) is 4.23. The summed E-state index contributed by atoms with van der Waals surface area (Å²) >= 11 is 0. The normalized spacial score (nSPS) is 10.0. The van der Waals surface area contributed by atoms with Gasteiger partial charge in [0, 0.05) is 23.9 Å². The van der Waals surface area contributed by atoms with Crippen LogP contribution in [0.25, 0.3) is 0 Å². The van der Waals surface area contributed by atoms with Crippen LogP contribution in [-0.2, 0) is 0 Å². The molecule has 108 valence electrons. The standard InChI is InChI=1S/C16H16N2O3/c1-11-3-5-13(6-4-11)16(20)18(2)14-9-7-12(8-10-14)15(19)17-21/h3-10,21H,1-2H3,(H,17,19). The van der Waals surface area contributed by atoms with E-state index in [1.54, 1.807) is 48.9 Å². The van der Waals surface area contributed by atoms with Crippen LogP contribution in [0.5, 0.6) is 0 Å². The van der Waals surface area contributed by atoms with Gasteiger partial charge in [-0.1, -0.05) is 17.7 Å². The van der Waals surface area contributed by atoms with E-state index in [1.807, 2.05) is 19.1 Å². The Morgan fingerprint density at radius 3 is 2.00 bits per heavy atom. The molecule has 0 aliphatic heterocycles. The fraction of sp³-hybridized carbons (Fsp3) is 0.125. The summed E-state index contributed by atoms with van der Waals surface area (Å²) in [6.45, 7) is 1.96. The summed E-state index contributed by atoms with van der Waals surface area (Å²) in [7, 11) is 1.67. The highest BCUT2D eigenvalue weighted by molar-refractivity contribution is 6.06. The summed E-state index contributed by atoms with van der Waals surface area (Å²) in [6, 6.07) is 13.7. The number of hydrogen-bond acceptors (Lipinski definition) is 3. The average molecular weight is 284 g/mol. The van der Waals surface area contributed by atoms with Crippen LogP contribution in [0, 0.1) is 6.92 Å². The lowest BCUT2D eigenvalue weighted by molar-refractivity contribution is 0.0706. The van der Waals surface area contributed by atoms with Crippen molar-refractivity contribution in [1.29, 1.82) is 0 Å². The molecule has 0 unspecified atom stereocenters. The van der Waals surface area contributed by atoms with Gasteiger partial charge in [0.2, 0.25) is 0 Å². The number of benzene rings is 2. The van der Waals surface area contributed by atoms with Crippen molar-refractivity contribution >= 4 is 17.5 Å². The van der Waals surface area contributed by atoms with Crippen LogP contribution in [0.4, 0.5) is 5.69 Å². The zero-order chi connectivity index (χ0) is 15.4. The highest BCUT2D eigenvalue weighted by Crippen LogP contribution is 2.17. The maximum Gasteiger partial charge on any atom is 0.274 e. The van der Waals surface area contributed by atoms with Crippen LogP contribution in [0.2, 0.25) is 0 Å². The van der Waals surface area contributed by atoms with Gasteiger partial charge in [-0.05, 0) is 43.3 Å². The molecule has 2 rings (SSSR count). The first-order valence-corrected chi connectivity index (χ1v) is 6.42. The van der Waals surface area contributed by atoms with E-state index in [0.29, 0.717) is 16.8 Å². The zero-order valence-electron chi connectivity index (χ0n) is 11.8. The SMILES string of the molecule is Cc1ccc(C(=O)N(C)c2ccc(C(=O)NO)cc2)cc1. The van der Waals surface area contributed by atoms with Crippen LogP contribution in [0.1, 0.15) is 26.3 Å². The van der Waals surface area contributed by atoms with E-state index in [4.69, 9.17) is 5.21 Å². The van der Waals surface area contributed by atoms with Crippen LogP contribution >= 0.6 is 0 Å². The van der Waals surface area contributed by atoms with Gasteiger partial charge in [0.15, 0.2) is 0 Å². The second-order valence-electron chi connectivity index (χ2n) is 4.72. The topological polar surface area (TPSA) is 69.6 Å². The average Bonchev–Trinajstić information content (AvgIpc) is 2.53. The first-order chi connectivity index (χ1) is 10.0. The predicted molar refractivity (Wildman–Crippen MR) is 79.6 cm³/mol. The molecule has 0 heterocycles. The van der Waals surface area contributed by atoms with Crippen LogP contribution < -0.4 is 10.4 Å². The van der Waals surface area contributed by atoms with Crippen molar-refractivity contribution in [2.24, 2.45) is 0 Å². The molecule has 0 aliphatic carbocycles. The molecule has 2 N–H and O–H groups in total. The fourth-order valence-corrected chi connectivity index (χ4v) is 1.91. The number of carbonyl (C=O) groups excluding carboxylic acids is 2. The third kappa shape index (κ3) is 3.27. The van der Waals surface area contributed by atoms with E-state index in [0.717, 1.165) is 5.56 Å². The van der Waals surface area contributed by atoms with Gasteiger partial charge in [-0.25, -0.2) is 5.48 Å². The molecule has 2 aromatic carbocycles. The minimum Gasteiger partial charge on any atom is -0.311 e. The third-order valence-corrected chi connectivity index (χ3v) is 3.22. The van der Waals surface area contributed by atoms with Crippen LogP contribution in [0.15, 0.2) is 48.5 Å². The zero-order valence-corrected chi connectivity index (χ0v) is 11.8. The molecule has 0 saturated carbocycles. The Bertz CT molecular complexity index is 648. The Kier molecular flexibility index (Phi) is 4.35. The monoisotopic (exact) mass is 284 g/mol. The molecular formula is C16H16N2O3. The summed E-state index contributed by atoms with van der Waals surface area (Å²) in [6.07, 6.45) is 0. The van der Waals surface area contributed by atoms with Crippen LogP contribution in [0.3, 0.4) is 0 Å². The Morgan fingerprint density at radius 1 is 0.952 bits per heavy atom. The largest absolute Gasteiger partial charge is 0.311 e. The maximum absolute atomic E-state index is 12.3. The summed E-state index contributed by atoms with van der Waals surface area (Å²) in [5, 5.41) is 8.56. The van der Waals surface area contributed by atoms with Crippen molar-refractivity contribution in [3.8, 4) is 0 Å². The molecule has 0 aromatic heterocycles. The van der Waals surface area contributed by atoms with Gasteiger partial charge >= 0.3 is 0 Å².